The number of nitrogens with zero attached hydrogens (tertiary/aromatic N) is 1. The maximum atomic E-state index is 12.3. The van der Waals surface area contributed by atoms with Crippen molar-refractivity contribution in [3.63, 3.8) is 0 Å². The van der Waals surface area contributed by atoms with E-state index in [4.69, 9.17) is 0 Å². The summed E-state index contributed by atoms with van der Waals surface area (Å²) < 4.78 is 0. The Morgan fingerprint density at radius 2 is 1.85 bits per heavy atom. The van der Waals surface area contributed by atoms with Crippen LogP contribution in [-0.4, -0.2) is 10.8 Å². The summed E-state index contributed by atoms with van der Waals surface area (Å²) in [7, 11) is 0. The monoisotopic (exact) mass is 274 g/mol. The van der Waals surface area contributed by atoms with Crippen LogP contribution in [0.4, 0.5) is 11.4 Å². The number of fused-ring (bicyclic) bond motifs is 1. The Kier molecular flexibility index (Phi) is 3.42. The molecule has 1 aliphatic heterocycles. The summed E-state index contributed by atoms with van der Waals surface area (Å²) in [6, 6.07) is 4.99. The van der Waals surface area contributed by atoms with Crippen molar-refractivity contribution >= 4 is 17.3 Å². The largest absolute Gasteiger partial charge is 0.320 e. The third-order valence-corrected chi connectivity index (χ3v) is 4.51. The lowest BCUT2D eigenvalue weighted by atomic mass is 9.82. The summed E-state index contributed by atoms with van der Waals surface area (Å²) in [6.07, 6.45) is 6.84. The lowest BCUT2D eigenvalue weighted by Crippen LogP contribution is -2.20. The zero-order chi connectivity index (χ0) is 14.1. The van der Waals surface area contributed by atoms with Crippen LogP contribution in [0.25, 0.3) is 0 Å². The van der Waals surface area contributed by atoms with Gasteiger partial charge in [0.25, 0.3) is 5.69 Å². The molecule has 1 aromatic rings. The zero-order valence-electron chi connectivity index (χ0n) is 11.3. The quantitative estimate of drug-likeness (QED) is 0.508. The van der Waals surface area contributed by atoms with E-state index in [0.717, 1.165) is 31.2 Å². The number of para-hydroxylation sites is 1. The maximum Gasteiger partial charge on any atom is 0.293 e. The highest BCUT2D eigenvalue weighted by Crippen LogP contribution is 2.45. The molecule has 3 rings (SSSR count). The first-order valence-corrected chi connectivity index (χ1v) is 7.26. The molecule has 1 fully saturated rings. The highest BCUT2D eigenvalue weighted by molar-refractivity contribution is 6.05. The van der Waals surface area contributed by atoms with E-state index in [2.05, 4.69) is 5.32 Å². The van der Waals surface area contributed by atoms with Crippen molar-refractivity contribution in [1.29, 1.82) is 0 Å². The summed E-state index contributed by atoms with van der Waals surface area (Å²) in [6.45, 7) is 0. The molecule has 0 spiro atoms. The first-order chi connectivity index (χ1) is 9.68. The van der Waals surface area contributed by atoms with Crippen LogP contribution in [0, 0.1) is 16.0 Å². The number of nitro groups is 1. The minimum absolute atomic E-state index is 0.00646. The smallest absolute Gasteiger partial charge is 0.293 e. The SMILES string of the molecule is O=C1Nc2c(cccc2[N+](=O)[O-])C1C1CCCCCC1. The molecular weight excluding hydrogens is 256 g/mol. The lowest BCUT2D eigenvalue weighted by Gasteiger charge is -2.20. The fourth-order valence-electron chi connectivity index (χ4n) is 3.56. The Hall–Kier alpha value is -1.91. The summed E-state index contributed by atoms with van der Waals surface area (Å²) in [5, 5.41) is 13.8. The van der Waals surface area contributed by atoms with Crippen molar-refractivity contribution < 1.29 is 9.72 Å². The Labute approximate surface area is 117 Å². The van der Waals surface area contributed by atoms with Gasteiger partial charge in [-0.1, -0.05) is 37.8 Å². The Balaban J connectivity index is 1.97. The van der Waals surface area contributed by atoms with Gasteiger partial charge in [0.15, 0.2) is 0 Å². The summed E-state index contributed by atoms with van der Waals surface area (Å²) in [5.41, 5.74) is 1.24. The number of carbonyl (C=O) groups is 1. The third kappa shape index (κ3) is 2.17. The highest BCUT2D eigenvalue weighted by Gasteiger charge is 2.39. The summed E-state index contributed by atoms with van der Waals surface area (Å²) in [4.78, 5) is 22.9. The van der Waals surface area contributed by atoms with E-state index in [1.807, 2.05) is 6.07 Å². The number of hydrogen-bond acceptors (Lipinski definition) is 3. The Morgan fingerprint density at radius 3 is 2.50 bits per heavy atom. The van der Waals surface area contributed by atoms with Gasteiger partial charge in [0.1, 0.15) is 5.69 Å². The number of rotatable bonds is 2. The molecule has 1 heterocycles. The number of benzene rings is 1. The first-order valence-electron chi connectivity index (χ1n) is 7.26. The maximum absolute atomic E-state index is 12.3. The van der Waals surface area contributed by atoms with Gasteiger partial charge in [-0.05, 0) is 24.3 Å². The number of nitro benzene ring substituents is 1. The van der Waals surface area contributed by atoms with E-state index in [0.29, 0.717) is 11.6 Å². The molecule has 1 amide bonds. The van der Waals surface area contributed by atoms with Gasteiger partial charge in [0.05, 0.1) is 10.8 Å². The molecule has 2 aliphatic rings. The number of nitrogens with one attached hydrogen (secondary N) is 1. The molecule has 0 radical (unpaired) electrons. The summed E-state index contributed by atoms with van der Waals surface area (Å²) >= 11 is 0. The molecule has 106 valence electrons. The molecule has 1 saturated carbocycles. The molecule has 0 saturated heterocycles. The molecule has 1 N–H and O–H groups in total. The van der Waals surface area contributed by atoms with Crippen LogP contribution in [0.2, 0.25) is 0 Å². The van der Waals surface area contributed by atoms with Gasteiger partial charge in [0, 0.05) is 6.07 Å². The number of carbonyl (C=O) groups excluding carboxylic acids is 1. The molecule has 0 bridgehead atoms. The molecule has 5 heteroatoms. The van der Waals surface area contributed by atoms with Crippen molar-refractivity contribution in [3.8, 4) is 0 Å². The van der Waals surface area contributed by atoms with Gasteiger partial charge in [-0.2, -0.15) is 0 Å². The fourth-order valence-corrected chi connectivity index (χ4v) is 3.56. The van der Waals surface area contributed by atoms with Crippen LogP contribution < -0.4 is 5.32 Å². The third-order valence-electron chi connectivity index (χ3n) is 4.51. The number of amides is 1. The number of hydrogen-bond donors (Lipinski definition) is 1. The molecule has 1 aromatic carbocycles. The van der Waals surface area contributed by atoms with E-state index in [-0.39, 0.29) is 17.5 Å². The minimum atomic E-state index is -0.422. The van der Waals surface area contributed by atoms with Crippen molar-refractivity contribution in [1.82, 2.24) is 0 Å². The Morgan fingerprint density at radius 1 is 1.15 bits per heavy atom. The minimum Gasteiger partial charge on any atom is -0.320 e. The normalized spacial score (nSPS) is 23.0. The molecule has 20 heavy (non-hydrogen) atoms. The van der Waals surface area contributed by atoms with Gasteiger partial charge >= 0.3 is 0 Å². The molecule has 1 atom stereocenters. The standard InChI is InChI=1S/C15H18N2O3/c18-15-13(10-6-3-1-2-4-7-10)11-8-5-9-12(17(19)20)14(11)16-15/h5,8-10,13H,1-4,6-7H2,(H,16,18). The summed E-state index contributed by atoms with van der Waals surface area (Å²) in [5.74, 6) is 0.0463. The van der Waals surface area contributed by atoms with E-state index >= 15 is 0 Å². The lowest BCUT2D eigenvalue weighted by molar-refractivity contribution is -0.383. The van der Waals surface area contributed by atoms with Crippen molar-refractivity contribution in [2.45, 2.75) is 44.4 Å². The molecular formula is C15H18N2O3. The molecule has 0 aromatic heterocycles. The van der Waals surface area contributed by atoms with Crippen LogP contribution >= 0.6 is 0 Å². The first kappa shape index (κ1) is 13.1. The van der Waals surface area contributed by atoms with Crippen LogP contribution in [0.5, 0.6) is 0 Å². The second-order valence-electron chi connectivity index (χ2n) is 5.72. The van der Waals surface area contributed by atoms with Crippen molar-refractivity contribution in [2.75, 3.05) is 5.32 Å². The topological polar surface area (TPSA) is 72.2 Å². The Bertz CT molecular complexity index is 548. The number of anilines is 1. The molecule has 5 nitrogen and oxygen atoms in total. The van der Waals surface area contributed by atoms with Gasteiger partial charge in [-0.25, -0.2) is 0 Å². The zero-order valence-corrected chi connectivity index (χ0v) is 11.3. The van der Waals surface area contributed by atoms with Gasteiger partial charge in [-0.15, -0.1) is 0 Å². The van der Waals surface area contributed by atoms with Crippen LogP contribution in [0.15, 0.2) is 18.2 Å². The average Bonchev–Trinajstić information content (AvgIpc) is 2.62. The molecule has 1 unspecified atom stereocenters. The van der Waals surface area contributed by atoms with Crippen molar-refractivity contribution in [3.05, 3.63) is 33.9 Å². The van der Waals surface area contributed by atoms with Crippen LogP contribution in [-0.2, 0) is 4.79 Å². The fraction of sp³-hybridized carbons (Fsp3) is 0.533. The molecule has 1 aliphatic carbocycles. The highest BCUT2D eigenvalue weighted by atomic mass is 16.6. The van der Waals surface area contributed by atoms with Gasteiger partial charge in [-0.3, -0.25) is 14.9 Å². The van der Waals surface area contributed by atoms with E-state index in [9.17, 15) is 14.9 Å². The van der Waals surface area contributed by atoms with Crippen LogP contribution in [0.3, 0.4) is 0 Å². The van der Waals surface area contributed by atoms with Crippen LogP contribution in [0.1, 0.15) is 50.0 Å². The van der Waals surface area contributed by atoms with Crippen molar-refractivity contribution in [2.24, 2.45) is 5.92 Å². The van der Waals surface area contributed by atoms with E-state index in [1.165, 1.54) is 18.9 Å². The second-order valence-corrected chi connectivity index (χ2v) is 5.72. The van der Waals surface area contributed by atoms with Gasteiger partial charge in [0.2, 0.25) is 5.91 Å². The van der Waals surface area contributed by atoms with E-state index in [1.54, 1.807) is 6.07 Å². The van der Waals surface area contributed by atoms with E-state index < -0.39 is 4.92 Å². The average molecular weight is 274 g/mol. The predicted octanol–water partition coefficient (Wildman–Crippen LogP) is 3.60. The predicted molar refractivity (Wildman–Crippen MR) is 75.7 cm³/mol. The van der Waals surface area contributed by atoms with Gasteiger partial charge < -0.3 is 5.32 Å². The second kappa shape index (κ2) is 5.23.